The van der Waals surface area contributed by atoms with Crippen LogP contribution in [0.3, 0.4) is 0 Å². The van der Waals surface area contributed by atoms with E-state index in [2.05, 4.69) is 4.98 Å². The first-order valence-corrected chi connectivity index (χ1v) is 4.41. The van der Waals surface area contributed by atoms with Gasteiger partial charge in [-0.1, -0.05) is 13.8 Å². The fourth-order valence-corrected chi connectivity index (χ4v) is 1.09. The lowest BCUT2D eigenvalue weighted by molar-refractivity contribution is 0.498. The van der Waals surface area contributed by atoms with Crippen LogP contribution in [0.1, 0.15) is 31.3 Å². The second-order valence-corrected chi connectivity index (χ2v) is 3.57. The highest BCUT2D eigenvalue weighted by molar-refractivity contribution is 5.15. The summed E-state index contributed by atoms with van der Waals surface area (Å²) >= 11 is 0. The lowest BCUT2D eigenvalue weighted by Crippen LogP contribution is -2.18. The van der Waals surface area contributed by atoms with Gasteiger partial charge < -0.3 is 5.73 Å². The molecule has 0 radical (unpaired) electrons. The quantitative estimate of drug-likeness (QED) is 0.761. The lowest BCUT2D eigenvalue weighted by atomic mass is 10.0. The minimum atomic E-state index is -0.278. The van der Waals surface area contributed by atoms with Crippen LogP contribution in [0.2, 0.25) is 0 Å². The van der Waals surface area contributed by atoms with Gasteiger partial charge in [0.2, 0.25) is 0 Å². The molecule has 0 aliphatic rings. The van der Waals surface area contributed by atoms with E-state index in [1.807, 2.05) is 13.8 Å². The molecule has 1 aromatic heterocycles. The van der Waals surface area contributed by atoms with Crippen molar-refractivity contribution in [1.29, 1.82) is 0 Å². The van der Waals surface area contributed by atoms with Gasteiger partial charge in [0.05, 0.1) is 11.4 Å². The molecule has 1 aromatic rings. The van der Waals surface area contributed by atoms with Crippen molar-refractivity contribution in [2.75, 3.05) is 0 Å². The van der Waals surface area contributed by atoms with Gasteiger partial charge in [-0.25, -0.2) is 4.39 Å². The third kappa shape index (κ3) is 2.25. The first-order valence-electron chi connectivity index (χ1n) is 4.41. The monoisotopic (exact) mass is 182 g/mol. The van der Waals surface area contributed by atoms with Crippen molar-refractivity contribution >= 4 is 0 Å². The van der Waals surface area contributed by atoms with Crippen molar-refractivity contribution in [2.45, 2.75) is 26.8 Å². The summed E-state index contributed by atoms with van der Waals surface area (Å²) in [5.41, 5.74) is 7.04. The van der Waals surface area contributed by atoms with Crippen molar-refractivity contribution in [3.63, 3.8) is 0 Å². The van der Waals surface area contributed by atoms with Crippen LogP contribution >= 0.6 is 0 Å². The smallest absolute Gasteiger partial charge is 0.144 e. The lowest BCUT2D eigenvalue weighted by Gasteiger charge is -2.15. The third-order valence-corrected chi connectivity index (χ3v) is 2.10. The Morgan fingerprint density at radius 1 is 1.38 bits per heavy atom. The highest BCUT2D eigenvalue weighted by Gasteiger charge is 2.12. The second kappa shape index (κ2) is 3.83. The normalized spacial score (nSPS) is 13.4. The van der Waals surface area contributed by atoms with Crippen molar-refractivity contribution in [1.82, 2.24) is 4.98 Å². The average molecular weight is 182 g/mol. The Balaban J connectivity index is 2.97. The van der Waals surface area contributed by atoms with Gasteiger partial charge in [-0.2, -0.15) is 0 Å². The van der Waals surface area contributed by atoms with Gasteiger partial charge in [0.15, 0.2) is 0 Å². The third-order valence-electron chi connectivity index (χ3n) is 2.10. The van der Waals surface area contributed by atoms with Crippen LogP contribution in [0.15, 0.2) is 12.1 Å². The molecule has 0 aliphatic carbocycles. The predicted molar refractivity (Wildman–Crippen MR) is 50.7 cm³/mol. The van der Waals surface area contributed by atoms with Crippen LogP contribution < -0.4 is 5.73 Å². The molecule has 0 aromatic carbocycles. The number of aryl methyl sites for hydroxylation is 1. The van der Waals surface area contributed by atoms with Gasteiger partial charge in [0, 0.05) is 6.04 Å². The van der Waals surface area contributed by atoms with Crippen LogP contribution in [0.25, 0.3) is 0 Å². The molecule has 0 spiro atoms. The summed E-state index contributed by atoms with van der Waals surface area (Å²) in [4.78, 5) is 4.09. The highest BCUT2D eigenvalue weighted by atomic mass is 19.1. The Hall–Kier alpha value is -0.960. The molecule has 13 heavy (non-hydrogen) atoms. The van der Waals surface area contributed by atoms with E-state index in [4.69, 9.17) is 5.73 Å². The molecular formula is C10H15FN2. The summed E-state index contributed by atoms with van der Waals surface area (Å²) < 4.78 is 12.9. The van der Waals surface area contributed by atoms with Crippen LogP contribution in [-0.2, 0) is 0 Å². The van der Waals surface area contributed by atoms with Crippen LogP contribution in [0.5, 0.6) is 0 Å². The molecule has 1 heterocycles. The molecule has 0 amide bonds. The van der Waals surface area contributed by atoms with E-state index in [0.29, 0.717) is 11.6 Å². The van der Waals surface area contributed by atoms with Crippen molar-refractivity contribution in [3.05, 3.63) is 29.3 Å². The van der Waals surface area contributed by atoms with Crippen LogP contribution in [-0.4, -0.2) is 4.98 Å². The minimum Gasteiger partial charge on any atom is -0.322 e. The van der Waals surface area contributed by atoms with Crippen LogP contribution in [0, 0.1) is 18.7 Å². The first-order chi connectivity index (χ1) is 6.02. The molecule has 1 rings (SSSR count). The first kappa shape index (κ1) is 10.1. The Morgan fingerprint density at radius 2 is 2.00 bits per heavy atom. The molecule has 3 heteroatoms. The highest BCUT2D eigenvalue weighted by Crippen LogP contribution is 2.17. The Labute approximate surface area is 78.0 Å². The summed E-state index contributed by atoms with van der Waals surface area (Å²) in [5, 5.41) is 0. The Morgan fingerprint density at radius 3 is 2.46 bits per heavy atom. The molecule has 72 valence electrons. The molecule has 0 saturated carbocycles. The number of pyridine rings is 1. The largest absolute Gasteiger partial charge is 0.322 e. The zero-order chi connectivity index (χ0) is 10.0. The number of rotatable bonds is 2. The van der Waals surface area contributed by atoms with Gasteiger partial charge in [0.1, 0.15) is 5.82 Å². The summed E-state index contributed by atoms with van der Waals surface area (Å²) in [6.45, 7) is 5.68. The number of hydrogen-bond donors (Lipinski definition) is 1. The average Bonchev–Trinajstić information content (AvgIpc) is 2.08. The number of aromatic nitrogens is 1. The number of nitrogens with two attached hydrogens (primary N) is 1. The maximum absolute atomic E-state index is 12.9. The van der Waals surface area contributed by atoms with Gasteiger partial charge in [-0.15, -0.1) is 0 Å². The van der Waals surface area contributed by atoms with Gasteiger partial charge in [-0.3, -0.25) is 4.98 Å². The molecule has 0 fully saturated rings. The van der Waals surface area contributed by atoms with E-state index in [0.717, 1.165) is 5.69 Å². The fourth-order valence-electron chi connectivity index (χ4n) is 1.09. The number of halogens is 1. The molecule has 0 saturated heterocycles. The molecule has 2 N–H and O–H groups in total. The minimum absolute atomic E-state index is 0.112. The Kier molecular flexibility index (Phi) is 2.98. The maximum atomic E-state index is 12.9. The van der Waals surface area contributed by atoms with Gasteiger partial charge in [0.25, 0.3) is 0 Å². The molecule has 0 unspecified atom stereocenters. The van der Waals surface area contributed by atoms with Crippen molar-refractivity contribution in [3.8, 4) is 0 Å². The standard InChI is InChI=1S/C10H15FN2/c1-6(2)10(12)9-5-4-8(11)7(3)13-9/h4-6,10H,12H2,1-3H3/t10-/m0/s1. The summed E-state index contributed by atoms with van der Waals surface area (Å²) in [6, 6.07) is 2.95. The van der Waals surface area contributed by atoms with Gasteiger partial charge in [-0.05, 0) is 25.0 Å². The van der Waals surface area contributed by atoms with E-state index in [-0.39, 0.29) is 11.9 Å². The van der Waals surface area contributed by atoms with E-state index in [9.17, 15) is 4.39 Å². The molecule has 1 atom stereocenters. The van der Waals surface area contributed by atoms with E-state index in [1.165, 1.54) is 6.07 Å². The van der Waals surface area contributed by atoms with E-state index < -0.39 is 0 Å². The zero-order valence-corrected chi connectivity index (χ0v) is 8.21. The second-order valence-electron chi connectivity index (χ2n) is 3.57. The van der Waals surface area contributed by atoms with Crippen molar-refractivity contribution in [2.24, 2.45) is 11.7 Å². The molecular weight excluding hydrogens is 167 g/mol. The summed E-state index contributed by atoms with van der Waals surface area (Å²) in [5.74, 6) is 0.0390. The topological polar surface area (TPSA) is 38.9 Å². The summed E-state index contributed by atoms with van der Waals surface area (Å²) in [7, 11) is 0. The predicted octanol–water partition coefficient (Wildman–Crippen LogP) is 2.18. The van der Waals surface area contributed by atoms with Crippen molar-refractivity contribution < 1.29 is 4.39 Å². The number of nitrogens with zero attached hydrogens (tertiary/aromatic N) is 1. The van der Waals surface area contributed by atoms with E-state index >= 15 is 0 Å². The summed E-state index contributed by atoms with van der Waals surface area (Å²) in [6.07, 6.45) is 0. The SMILES string of the molecule is Cc1nc([C@@H](N)C(C)C)ccc1F. The molecule has 2 nitrogen and oxygen atoms in total. The fraction of sp³-hybridized carbons (Fsp3) is 0.500. The molecule has 0 aliphatic heterocycles. The van der Waals surface area contributed by atoms with Gasteiger partial charge >= 0.3 is 0 Å². The Bertz CT molecular complexity index is 297. The van der Waals surface area contributed by atoms with E-state index in [1.54, 1.807) is 13.0 Å². The van der Waals surface area contributed by atoms with Crippen LogP contribution in [0.4, 0.5) is 4.39 Å². The maximum Gasteiger partial charge on any atom is 0.144 e. The molecule has 0 bridgehead atoms. The number of hydrogen-bond acceptors (Lipinski definition) is 2. The zero-order valence-electron chi connectivity index (χ0n) is 8.21.